The summed E-state index contributed by atoms with van der Waals surface area (Å²) in [7, 11) is 0. The van der Waals surface area contributed by atoms with Crippen molar-refractivity contribution in [3.8, 4) is 11.4 Å². The van der Waals surface area contributed by atoms with Crippen LogP contribution in [0.3, 0.4) is 0 Å². The predicted molar refractivity (Wildman–Crippen MR) is 112 cm³/mol. The van der Waals surface area contributed by atoms with Gasteiger partial charge in [0.2, 0.25) is 11.8 Å². The summed E-state index contributed by atoms with van der Waals surface area (Å²) in [5.41, 5.74) is 0.964. The van der Waals surface area contributed by atoms with Crippen molar-refractivity contribution in [3.05, 3.63) is 36.2 Å². The van der Waals surface area contributed by atoms with Crippen molar-refractivity contribution < 1.29 is 9.59 Å². The van der Waals surface area contributed by atoms with E-state index >= 15 is 0 Å². The minimum absolute atomic E-state index is 0.0388. The van der Waals surface area contributed by atoms with Crippen molar-refractivity contribution in [2.45, 2.75) is 59.7 Å². The Bertz CT molecular complexity index is 859. The zero-order chi connectivity index (χ0) is 21.1. The molecule has 2 amide bonds. The number of fused-ring (bicyclic) bond motifs is 1. The van der Waals surface area contributed by atoms with Gasteiger partial charge in [0, 0.05) is 19.0 Å². The molecule has 0 aliphatic carbocycles. The molecular formula is C22H31N5O2. The highest BCUT2D eigenvalue weighted by atomic mass is 16.2. The minimum atomic E-state index is -0.517. The van der Waals surface area contributed by atoms with Crippen molar-refractivity contribution in [1.29, 1.82) is 0 Å². The number of amides is 2. The largest absolute Gasteiger partial charge is 0.345 e. The molecule has 2 atom stereocenters. The fraction of sp³-hybridized carbons (Fsp3) is 0.545. The lowest BCUT2D eigenvalue weighted by molar-refractivity contribution is -0.141. The van der Waals surface area contributed by atoms with Gasteiger partial charge >= 0.3 is 0 Å². The smallest absolute Gasteiger partial charge is 0.245 e. The molecule has 29 heavy (non-hydrogen) atoms. The summed E-state index contributed by atoms with van der Waals surface area (Å²) in [6, 6.07) is 9.19. The lowest BCUT2D eigenvalue weighted by atomic mass is 9.96. The molecule has 0 saturated heterocycles. The van der Waals surface area contributed by atoms with E-state index in [1.54, 1.807) is 0 Å². The third kappa shape index (κ3) is 4.66. The first kappa shape index (κ1) is 21.0. The van der Waals surface area contributed by atoms with Gasteiger partial charge in [-0.2, -0.15) is 5.10 Å². The number of benzene rings is 1. The molecular weight excluding hydrogens is 366 g/mol. The number of rotatable bonds is 6. The van der Waals surface area contributed by atoms with Crippen molar-refractivity contribution in [1.82, 2.24) is 25.0 Å². The number of carbonyl (C=O) groups is 2. The summed E-state index contributed by atoms with van der Waals surface area (Å²) in [4.78, 5) is 31.8. The molecule has 1 aromatic carbocycles. The van der Waals surface area contributed by atoms with Gasteiger partial charge in [-0.05, 0) is 18.3 Å². The van der Waals surface area contributed by atoms with E-state index in [1.807, 2.05) is 39.9 Å². The number of hydrogen-bond donors (Lipinski definition) is 1. The van der Waals surface area contributed by atoms with E-state index in [1.165, 1.54) is 6.92 Å². The Hall–Kier alpha value is -2.70. The fourth-order valence-corrected chi connectivity index (χ4v) is 3.97. The lowest BCUT2D eigenvalue weighted by Gasteiger charge is -2.39. The normalized spacial score (nSPS) is 17.3. The van der Waals surface area contributed by atoms with E-state index < -0.39 is 6.04 Å². The Morgan fingerprint density at radius 3 is 2.41 bits per heavy atom. The molecule has 2 aromatic rings. The molecule has 0 fully saturated rings. The highest BCUT2D eigenvalue weighted by molar-refractivity contribution is 5.87. The van der Waals surface area contributed by atoms with Crippen LogP contribution in [0.1, 0.15) is 52.9 Å². The maximum atomic E-state index is 13.4. The first-order chi connectivity index (χ1) is 13.8. The zero-order valence-electron chi connectivity index (χ0n) is 17.9. The molecule has 7 heteroatoms. The van der Waals surface area contributed by atoms with Crippen molar-refractivity contribution in [3.63, 3.8) is 0 Å². The Balaban J connectivity index is 1.93. The Kier molecular flexibility index (Phi) is 6.35. The molecule has 0 saturated carbocycles. The monoisotopic (exact) mass is 397 g/mol. The molecule has 0 unspecified atom stereocenters. The van der Waals surface area contributed by atoms with Gasteiger partial charge in [0.1, 0.15) is 6.04 Å². The number of carbonyl (C=O) groups excluding carboxylic acids is 2. The molecule has 0 spiro atoms. The molecule has 1 aliphatic heterocycles. The topological polar surface area (TPSA) is 80.1 Å². The fourth-order valence-electron chi connectivity index (χ4n) is 3.97. The van der Waals surface area contributed by atoms with Crippen LogP contribution in [0.5, 0.6) is 0 Å². The number of nitrogens with zero attached hydrogens (tertiary/aromatic N) is 4. The van der Waals surface area contributed by atoms with E-state index in [0.717, 1.165) is 11.4 Å². The molecule has 1 aromatic heterocycles. The summed E-state index contributed by atoms with van der Waals surface area (Å²) in [5, 5.41) is 7.54. The van der Waals surface area contributed by atoms with Crippen LogP contribution in [0.15, 0.2) is 30.3 Å². The minimum Gasteiger partial charge on any atom is -0.345 e. The van der Waals surface area contributed by atoms with Crippen LogP contribution in [0, 0.1) is 11.8 Å². The van der Waals surface area contributed by atoms with Crippen LogP contribution in [0.25, 0.3) is 11.4 Å². The van der Waals surface area contributed by atoms with E-state index in [0.29, 0.717) is 31.3 Å². The second-order valence-corrected chi connectivity index (χ2v) is 8.49. The third-order valence-corrected chi connectivity index (χ3v) is 5.18. The van der Waals surface area contributed by atoms with E-state index in [4.69, 9.17) is 4.98 Å². The van der Waals surface area contributed by atoms with E-state index in [2.05, 4.69) is 38.1 Å². The standard InChI is InChI=1S/C22H31N5O2/c1-14(2)13-18(23-16(5)28)22(29)26-11-12-27-21(19(26)15(3)4)24-20(25-27)17-9-7-6-8-10-17/h6-10,14-15,18-19H,11-13H2,1-5H3,(H,23,28)/t18-,19+/m1/s1. The van der Waals surface area contributed by atoms with Crippen LogP contribution in [-0.2, 0) is 16.1 Å². The molecule has 0 radical (unpaired) electrons. The average molecular weight is 398 g/mol. The Labute approximate surface area is 172 Å². The quantitative estimate of drug-likeness (QED) is 0.812. The molecule has 3 rings (SSSR count). The van der Waals surface area contributed by atoms with Crippen molar-refractivity contribution >= 4 is 11.8 Å². The van der Waals surface area contributed by atoms with Gasteiger partial charge in [-0.25, -0.2) is 9.67 Å². The van der Waals surface area contributed by atoms with Crippen molar-refractivity contribution in [2.24, 2.45) is 11.8 Å². The van der Waals surface area contributed by atoms with E-state index in [9.17, 15) is 9.59 Å². The van der Waals surface area contributed by atoms with Gasteiger partial charge in [-0.1, -0.05) is 58.0 Å². The highest BCUT2D eigenvalue weighted by Gasteiger charge is 2.38. The molecule has 156 valence electrons. The second-order valence-electron chi connectivity index (χ2n) is 8.49. The number of nitrogens with one attached hydrogen (secondary N) is 1. The van der Waals surface area contributed by atoms with Gasteiger partial charge in [-0.3, -0.25) is 9.59 Å². The van der Waals surface area contributed by atoms with Crippen LogP contribution < -0.4 is 5.32 Å². The van der Waals surface area contributed by atoms with Crippen LogP contribution in [0.2, 0.25) is 0 Å². The summed E-state index contributed by atoms with van der Waals surface area (Å²) in [6.45, 7) is 10.9. The van der Waals surface area contributed by atoms with Gasteiger partial charge < -0.3 is 10.2 Å². The van der Waals surface area contributed by atoms with Crippen LogP contribution in [-0.4, -0.2) is 44.1 Å². The van der Waals surface area contributed by atoms with Crippen molar-refractivity contribution in [2.75, 3.05) is 6.54 Å². The summed E-state index contributed by atoms with van der Waals surface area (Å²) in [6.07, 6.45) is 0.613. The predicted octanol–water partition coefficient (Wildman–Crippen LogP) is 3.04. The second kappa shape index (κ2) is 8.76. The highest BCUT2D eigenvalue weighted by Crippen LogP contribution is 2.33. The van der Waals surface area contributed by atoms with Gasteiger partial charge in [0.05, 0.1) is 12.6 Å². The van der Waals surface area contributed by atoms with Gasteiger partial charge in [0.25, 0.3) is 0 Å². The maximum Gasteiger partial charge on any atom is 0.245 e. The Morgan fingerprint density at radius 2 is 1.83 bits per heavy atom. The molecule has 1 N–H and O–H groups in total. The first-order valence-corrected chi connectivity index (χ1v) is 10.4. The summed E-state index contributed by atoms with van der Waals surface area (Å²) in [5.74, 6) is 1.74. The number of aromatic nitrogens is 3. The lowest BCUT2D eigenvalue weighted by Crippen LogP contribution is -2.53. The SMILES string of the molecule is CC(=O)N[C@H](CC(C)C)C(=O)N1CCn2nc(-c3ccccc3)nc2[C@@H]1C(C)C. The molecule has 0 bridgehead atoms. The number of hydrogen-bond acceptors (Lipinski definition) is 4. The summed E-state index contributed by atoms with van der Waals surface area (Å²) >= 11 is 0. The van der Waals surface area contributed by atoms with E-state index in [-0.39, 0.29) is 23.8 Å². The van der Waals surface area contributed by atoms with Gasteiger partial charge in [-0.15, -0.1) is 0 Å². The maximum absolute atomic E-state index is 13.4. The molecule has 1 aliphatic rings. The summed E-state index contributed by atoms with van der Waals surface area (Å²) < 4.78 is 1.92. The third-order valence-electron chi connectivity index (χ3n) is 5.18. The zero-order valence-corrected chi connectivity index (χ0v) is 17.9. The Morgan fingerprint density at radius 1 is 1.14 bits per heavy atom. The van der Waals surface area contributed by atoms with Crippen LogP contribution in [0.4, 0.5) is 0 Å². The first-order valence-electron chi connectivity index (χ1n) is 10.4. The molecule has 2 heterocycles. The van der Waals surface area contributed by atoms with Crippen LogP contribution >= 0.6 is 0 Å². The molecule has 7 nitrogen and oxygen atoms in total. The van der Waals surface area contributed by atoms with Gasteiger partial charge in [0.15, 0.2) is 11.6 Å². The average Bonchev–Trinajstić information content (AvgIpc) is 3.10.